The number of hydrogen-bond donors (Lipinski definition) is 1. The number of nitrogens with zero attached hydrogens (tertiary/aromatic N) is 5. The van der Waals surface area contributed by atoms with Crippen LogP contribution in [0.25, 0.3) is 22.1 Å². The SMILES string of the molecule is CC(C)CCn1c(C(C2CC2)n2c(=O)[nH]c3ccncc32)nc2cc(C#N)ccc21. The van der Waals surface area contributed by atoms with Crippen LogP contribution >= 0.6 is 0 Å². The monoisotopic (exact) mass is 400 g/mol. The molecule has 152 valence electrons. The highest BCUT2D eigenvalue weighted by Gasteiger charge is 2.38. The van der Waals surface area contributed by atoms with Crippen molar-refractivity contribution < 1.29 is 0 Å². The summed E-state index contributed by atoms with van der Waals surface area (Å²) in [6.07, 6.45) is 6.59. The largest absolute Gasteiger partial charge is 0.327 e. The van der Waals surface area contributed by atoms with E-state index >= 15 is 0 Å². The molecule has 1 aromatic carbocycles. The molecule has 1 aliphatic carbocycles. The molecule has 1 unspecified atom stereocenters. The molecular weight excluding hydrogens is 376 g/mol. The van der Waals surface area contributed by atoms with Gasteiger partial charge in [-0.25, -0.2) is 9.78 Å². The number of H-pyrrole nitrogens is 1. The van der Waals surface area contributed by atoms with Gasteiger partial charge >= 0.3 is 5.69 Å². The molecule has 3 heterocycles. The van der Waals surface area contributed by atoms with E-state index in [-0.39, 0.29) is 11.7 Å². The minimum absolute atomic E-state index is 0.130. The van der Waals surface area contributed by atoms with Crippen LogP contribution in [-0.4, -0.2) is 24.1 Å². The van der Waals surface area contributed by atoms with E-state index in [0.29, 0.717) is 17.4 Å². The van der Waals surface area contributed by atoms with Crippen molar-refractivity contribution in [1.29, 1.82) is 5.26 Å². The lowest BCUT2D eigenvalue weighted by Gasteiger charge is -2.20. The third-order valence-electron chi connectivity index (χ3n) is 5.97. The number of pyridine rings is 1. The zero-order valence-electron chi connectivity index (χ0n) is 17.2. The second-order valence-electron chi connectivity index (χ2n) is 8.59. The predicted molar refractivity (Wildman–Crippen MR) is 115 cm³/mol. The molecule has 0 amide bonds. The van der Waals surface area contributed by atoms with Crippen LogP contribution in [0.5, 0.6) is 0 Å². The summed E-state index contributed by atoms with van der Waals surface area (Å²) in [6.45, 7) is 5.25. The number of nitrogens with one attached hydrogen (secondary N) is 1. The smallest absolute Gasteiger partial charge is 0.326 e. The van der Waals surface area contributed by atoms with Crippen molar-refractivity contribution in [2.45, 2.75) is 45.7 Å². The molecule has 1 aliphatic rings. The summed E-state index contributed by atoms with van der Waals surface area (Å²) in [6, 6.07) is 9.55. The fraction of sp³-hybridized carbons (Fsp3) is 0.391. The van der Waals surface area contributed by atoms with E-state index in [0.717, 1.165) is 53.7 Å². The van der Waals surface area contributed by atoms with Crippen molar-refractivity contribution in [1.82, 2.24) is 24.1 Å². The van der Waals surface area contributed by atoms with Crippen LogP contribution < -0.4 is 5.69 Å². The molecule has 0 radical (unpaired) electrons. The van der Waals surface area contributed by atoms with Crippen LogP contribution in [0.15, 0.2) is 41.5 Å². The molecule has 3 aromatic heterocycles. The molecule has 7 nitrogen and oxygen atoms in total. The molecular formula is C23H24N6O. The molecule has 7 heteroatoms. The normalized spacial score (nSPS) is 15.1. The lowest BCUT2D eigenvalue weighted by molar-refractivity contribution is 0.446. The van der Waals surface area contributed by atoms with E-state index in [1.54, 1.807) is 12.4 Å². The van der Waals surface area contributed by atoms with Gasteiger partial charge in [-0.15, -0.1) is 0 Å². The number of aryl methyl sites for hydroxylation is 1. The summed E-state index contributed by atoms with van der Waals surface area (Å²) in [5, 5.41) is 9.32. The van der Waals surface area contributed by atoms with Crippen LogP contribution in [0.4, 0.5) is 0 Å². The molecule has 1 saturated carbocycles. The predicted octanol–water partition coefficient (Wildman–Crippen LogP) is 3.99. The summed E-state index contributed by atoms with van der Waals surface area (Å²) in [4.78, 5) is 25.2. The van der Waals surface area contributed by atoms with Crippen molar-refractivity contribution >= 4 is 22.1 Å². The number of fused-ring (bicyclic) bond motifs is 2. The van der Waals surface area contributed by atoms with E-state index in [2.05, 4.69) is 34.5 Å². The number of hydrogen-bond acceptors (Lipinski definition) is 4. The van der Waals surface area contributed by atoms with Crippen LogP contribution in [0.1, 0.15) is 50.5 Å². The Morgan fingerprint density at radius 2 is 2.10 bits per heavy atom. The minimum Gasteiger partial charge on any atom is -0.326 e. The van der Waals surface area contributed by atoms with Gasteiger partial charge in [0.15, 0.2) is 0 Å². The molecule has 0 spiro atoms. The summed E-state index contributed by atoms with van der Waals surface area (Å²) in [7, 11) is 0. The van der Waals surface area contributed by atoms with Crippen molar-refractivity contribution in [3.8, 4) is 6.07 Å². The summed E-state index contributed by atoms with van der Waals surface area (Å²) >= 11 is 0. The van der Waals surface area contributed by atoms with Gasteiger partial charge in [-0.2, -0.15) is 5.26 Å². The molecule has 4 aromatic rings. The maximum Gasteiger partial charge on any atom is 0.327 e. The highest BCUT2D eigenvalue weighted by molar-refractivity contribution is 5.78. The summed E-state index contributed by atoms with van der Waals surface area (Å²) < 4.78 is 4.08. The fourth-order valence-electron chi connectivity index (χ4n) is 4.26. The van der Waals surface area contributed by atoms with Gasteiger partial charge in [0.05, 0.1) is 45.9 Å². The Balaban J connectivity index is 1.74. The lowest BCUT2D eigenvalue weighted by atomic mass is 10.1. The van der Waals surface area contributed by atoms with Crippen LogP contribution in [0, 0.1) is 23.2 Å². The van der Waals surface area contributed by atoms with E-state index in [4.69, 9.17) is 4.98 Å². The Morgan fingerprint density at radius 3 is 2.83 bits per heavy atom. The number of nitriles is 1. The maximum atomic E-state index is 13.0. The highest BCUT2D eigenvalue weighted by atomic mass is 16.1. The van der Waals surface area contributed by atoms with Gasteiger partial charge in [0.2, 0.25) is 0 Å². The van der Waals surface area contributed by atoms with Gasteiger partial charge < -0.3 is 9.55 Å². The van der Waals surface area contributed by atoms with E-state index < -0.39 is 0 Å². The summed E-state index contributed by atoms with van der Waals surface area (Å²) in [5.74, 6) is 1.81. The first-order valence-corrected chi connectivity index (χ1v) is 10.5. The first-order valence-electron chi connectivity index (χ1n) is 10.5. The third kappa shape index (κ3) is 3.09. The molecule has 0 bridgehead atoms. The van der Waals surface area contributed by atoms with Gasteiger partial charge in [-0.1, -0.05) is 13.8 Å². The Morgan fingerprint density at radius 1 is 1.27 bits per heavy atom. The first kappa shape index (κ1) is 18.6. The van der Waals surface area contributed by atoms with Crippen LogP contribution in [0.2, 0.25) is 0 Å². The van der Waals surface area contributed by atoms with Gasteiger partial charge in [0.25, 0.3) is 0 Å². The number of benzene rings is 1. The minimum atomic E-state index is -0.152. The molecule has 1 N–H and O–H groups in total. The van der Waals surface area contributed by atoms with Gasteiger partial charge in [-0.05, 0) is 55.4 Å². The molecule has 30 heavy (non-hydrogen) atoms. The summed E-state index contributed by atoms with van der Waals surface area (Å²) in [5.41, 5.74) is 3.89. The van der Waals surface area contributed by atoms with E-state index in [1.807, 2.05) is 28.8 Å². The standard InChI is InChI=1S/C23H24N6O/c1-14(2)8-10-28-19-6-3-15(12-24)11-18(19)26-22(28)21(16-4-5-16)29-20-13-25-9-7-17(20)27-23(29)30/h3,6-7,9,11,13-14,16,21H,4-5,8,10H2,1-2H3,(H,27,30). The average Bonchev–Trinajstić information content (AvgIpc) is 3.43. The van der Waals surface area contributed by atoms with Crippen LogP contribution in [0.3, 0.4) is 0 Å². The topological polar surface area (TPSA) is 92.3 Å². The maximum absolute atomic E-state index is 13.0. The Hall–Kier alpha value is -3.40. The Kier molecular flexibility index (Phi) is 4.43. The van der Waals surface area contributed by atoms with E-state index in [9.17, 15) is 10.1 Å². The second-order valence-corrected chi connectivity index (χ2v) is 8.59. The molecule has 0 aliphatic heterocycles. The van der Waals surface area contributed by atoms with Crippen molar-refractivity contribution in [3.63, 3.8) is 0 Å². The fourth-order valence-corrected chi connectivity index (χ4v) is 4.26. The number of imidazole rings is 2. The molecule has 1 fully saturated rings. The van der Waals surface area contributed by atoms with Crippen LogP contribution in [-0.2, 0) is 6.54 Å². The van der Waals surface area contributed by atoms with Gasteiger partial charge in [-0.3, -0.25) is 9.55 Å². The molecule has 5 rings (SSSR count). The van der Waals surface area contributed by atoms with Gasteiger partial charge in [0, 0.05) is 12.7 Å². The van der Waals surface area contributed by atoms with Gasteiger partial charge in [0.1, 0.15) is 5.82 Å². The quantitative estimate of drug-likeness (QED) is 0.530. The zero-order chi connectivity index (χ0) is 20.8. The molecule has 1 atom stereocenters. The first-order chi connectivity index (χ1) is 14.6. The number of aromatic nitrogens is 5. The average molecular weight is 400 g/mol. The Labute approximate surface area is 174 Å². The molecule has 0 saturated heterocycles. The Bertz CT molecular complexity index is 1330. The zero-order valence-corrected chi connectivity index (χ0v) is 17.2. The highest BCUT2D eigenvalue weighted by Crippen LogP contribution is 2.44. The lowest BCUT2D eigenvalue weighted by Crippen LogP contribution is -2.27. The number of rotatable bonds is 6. The van der Waals surface area contributed by atoms with Crippen molar-refractivity contribution in [3.05, 3.63) is 58.5 Å². The van der Waals surface area contributed by atoms with Crippen molar-refractivity contribution in [2.75, 3.05) is 0 Å². The number of aromatic amines is 1. The van der Waals surface area contributed by atoms with Crippen molar-refractivity contribution in [2.24, 2.45) is 11.8 Å². The van der Waals surface area contributed by atoms with E-state index in [1.165, 1.54) is 0 Å². The second kappa shape index (κ2) is 7.13. The third-order valence-corrected chi connectivity index (χ3v) is 5.97.